The van der Waals surface area contributed by atoms with Crippen molar-refractivity contribution >= 4 is 11.7 Å². The smallest absolute Gasteiger partial charge is 0.252 e. The molecule has 1 spiro atoms. The van der Waals surface area contributed by atoms with Gasteiger partial charge in [0.1, 0.15) is 5.78 Å². The highest BCUT2D eigenvalue weighted by Crippen LogP contribution is 2.49. The minimum Gasteiger partial charge on any atom is -0.380 e. The van der Waals surface area contributed by atoms with E-state index in [2.05, 4.69) is 11.2 Å². The Morgan fingerprint density at radius 1 is 1.31 bits per heavy atom. The molecule has 1 aromatic heterocycles. The van der Waals surface area contributed by atoms with Gasteiger partial charge in [-0.15, -0.1) is 0 Å². The summed E-state index contributed by atoms with van der Waals surface area (Å²) in [6.07, 6.45) is 7.59. The number of ether oxygens (including phenoxy) is 1. The molecule has 0 bridgehead atoms. The molecule has 0 atom stereocenters. The molecule has 0 aromatic carbocycles. The van der Waals surface area contributed by atoms with Crippen molar-refractivity contribution in [2.24, 2.45) is 17.1 Å². The zero-order valence-corrected chi connectivity index (χ0v) is 14.9. The lowest BCUT2D eigenvalue weighted by Crippen LogP contribution is -2.50. The number of carbonyl (C=O) groups excluding carboxylic acids is 2. The van der Waals surface area contributed by atoms with Crippen molar-refractivity contribution in [3.05, 3.63) is 17.5 Å². The zero-order chi connectivity index (χ0) is 18.4. The second-order valence-electron chi connectivity index (χ2n) is 8.27. The number of Topliss-reactive ketones (excluding diaryl/α,β-unsaturated/α-hetero) is 1. The average molecular weight is 356 g/mol. The number of primary amides is 1. The third kappa shape index (κ3) is 2.92. The summed E-state index contributed by atoms with van der Waals surface area (Å²) >= 11 is 0. The molecule has 1 saturated heterocycles. The molecule has 138 valence electrons. The van der Waals surface area contributed by atoms with Gasteiger partial charge in [0.2, 0.25) is 0 Å². The first-order chi connectivity index (χ1) is 12.5. The van der Waals surface area contributed by atoms with Crippen molar-refractivity contribution in [3.63, 3.8) is 0 Å². The zero-order valence-electron chi connectivity index (χ0n) is 14.9. The van der Waals surface area contributed by atoms with E-state index in [0.29, 0.717) is 17.7 Å². The van der Waals surface area contributed by atoms with Crippen LogP contribution in [0.4, 0.5) is 0 Å². The fourth-order valence-electron chi connectivity index (χ4n) is 4.26. The second kappa shape index (κ2) is 6.20. The van der Waals surface area contributed by atoms with Gasteiger partial charge in [0.05, 0.1) is 48.9 Å². The lowest BCUT2D eigenvalue weighted by molar-refractivity contribution is -0.144. The number of nitrogens with zero attached hydrogens (tertiary/aromatic N) is 3. The summed E-state index contributed by atoms with van der Waals surface area (Å²) in [5.74, 6) is -0.329. The van der Waals surface area contributed by atoms with Crippen molar-refractivity contribution in [2.75, 3.05) is 13.2 Å². The van der Waals surface area contributed by atoms with Crippen LogP contribution < -0.4 is 5.73 Å². The van der Waals surface area contributed by atoms with Gasteiger partial charge in [-0.25, -0.2) is 0 Å². The van der Waals surface area contributed by atoms with Gasteiger partial charge in [0.15, 0.2) is 0 Å². The van der Waals surface area contributed by atoms with Crippen LogP contribution in [0.5, 0.6) is 0 Å². The lowest BCUT2D eigenvalue weighted by atomic mass is 9.65. The maximum absolute atomic E-state index is 12.2. The molecular weight excluding hydrogens is 332 g/mol. The molecule has 1 amide bonds. The van der Waals surface area contributed by atoms with Gasteiger partial charge in [0, 0.05) is 17.5 Å². The van der Waals surface area contributed by atoms with Crippen LogP contribution in [-0.4, -0.2) is 34.7 Å². The maximum Gasteiger partial charge on any atom is 0.252 e. The van der Waals surface area contributed by atoms with Crippen molar-refractivity contribution < 1.29 is 14.3 Å². The highest BCUT2D eigenvalue weighted by molar-refractivity contribution is 5.95. The minimum absolute atomic E-state index is 0.113. The monoisotopic (exact) mass is 356 g/mol. The number of ketones is 1. The number of rotatable bonds is 6. The molecule has 2 heterocycles. The highest BCUT2D eigenvalue weighted by atomic mass is 16.5. The molecule has 2 aliphatic carbocycles. The summed E-state index contributed by atoms with van der Waals surface area (Å²) in [5.41, 5.74) is 6.12. The molecule has 2 saturated carbocycles. The van der Waals surface area contributed by atoms with Crippen LogP contribution >= 0.6 is 0 Å². The fourth-order valence-corrected chi connectivity index (χ4v) is 4.26. The van der Waals surface area contributed by atoms with Crippen molar-refractivity contribution in [1.82, 2.24) is 9.78 Å². The van der Waals surface area contributed by atoms with Crippen molar-refractivity contribution in [3.8, 4) is 6.07 Å². The van der Waals surface area contributed by atoms with Gasteiger partial charge in [-0.2, -0.15) is 10.4 Å². The number of carbonyl (C=O) groups is 2. The maximum atomic E-state index is 12.2. The van der Waals surface area contributed by atoms with E-state index >= 15 is 0 Å². The van der Waals surface area contributed by atoms with E-state index < -0.39 is 11.4 Å². The summed E-state index contributed by atoms with van der Waals surface area (Å²) < 4.78 is 7.15. The summed E-state index contributed by atoms with van der Waals surface area (Å²) in [4.78, 5) is 24.1. The van der Waals surface area contributed by atoms with Crippen LogP contribution in [0.25, 0.3) is 0 Å². The van der Waals surface area contributed by atoms with Gasteiger partial charge in [0.25, 0.3) is 5.91 Å². The Bertz CT molecular complexity index is 773. The molecule has 4 rings (SSSR count). The molecule has 1 aliphatic heterocycles. The Kier molecular flexibility index (Phi) is 4.11. The predicted octanol–water partition coefficient (Wildman–Crippen LogP) is 1.70. The number of hydrogen-bond donors (Lipinski definition) is 1. The predicted molar refractivity (Wildman–Crippen MR) is 92.1 cm³/mol. The first-order valence-electron chi connectivity index (χ1n) is 9.33. The van der Waals surface area contributed by atoms with Crippen LogP contribution in [0.2, 0.25) is 0 Å². The normalized spacial score (nSPS) is 23.2. The molecule has 1 aromatic rings. The van der Waals surface area contributed by atoms with Crippen LogP contribution in [-0.2, 0) is 21.5 Å². The van der Waals surface area contributed by atoms with Gasteiger partial charge in [-0.05, 0) is 38.5 Å². The van der Waals surface area contributed by atoms with E-state index in [1.165, 1.54) is 0 Å². The van der Waals surface area contributed by atoms with Crippen LogP contribution in [0.3, 0.4) is 0 Å². The quantitative estimate of drug-likeness (QED) is 0.834. The molecule has 0 radical (unpaired) electrons. The topological polar surface area (TPSA) is 111 Å². The number of aromatic nitrogens is 2. The summed E-state index contributed by atoms with van der Waals surface area (Å²) in [6, 6.07) is 2.29. The van der Waals surface area contributed by atoms with Gasteiger partial charge >= 0.3 is 0 Å². The fraction of sp³-hybridized carbons (Fsp3) is 0.684. The van der Waals surface area contributed by atoms with E-state index in [1.54, 1.807) is 10.9 Å². The number of amides is 1. The number of nitrogens with two attached hydrogens (primary N) is 1. The standard InChI is InChI=1S/C19H24N4O3/c20-8-7-19(5-3-18(4-6-19)11-26-12-18)23-10-14(17(21)25)15(22-23)9-16(24)13-1-2-13/h10,13H,1-7,9,11-12H2,(H2,21,25). The van der Waals surface area contributed by atoms with Crippen molar-refractivity contribution in [2.45, 2.75) is 56.9 Å². The Hall–Kier alpha value is -2.20. The Labute approximate surface area is 152 Å². The molecule has 3 aliphatic rings. The highest BCUT2D eigenvalue weighted by Gasteiger charge is 2.48. The van der Waals surface area contributed by atoms with Gasteiger partial charge in [-0.1, -0.05) is 0 Å². The second-order valence-corrected chi connectivity index (χ2v) is 8.27. The molecule has 2 N–H and O–H groups in total. The Morgan fingerprint density at radius 3 is 2.50 bits per heavy atom. The summed E-state index contributed by atoms with van der Waals surface area (Å²) in [7, 11) is 0. The van der Waals surface area contributed by atoms with Crippen molar-refractivity contribution in [1.29, 1.82) is 5.26 Å². The first-order valence-corrected chi connectivity index (χ1v) is 9.33. The number of hydrogen-bond acceptors (Lipinski definition) is 5. The molecular formula is C19H24N4O3. The molecule has 7 heteroatoms. The number of nitriles is 1. The van der Waals surface area contributed by atoms with E-state index in [-0.39, 0.29) is 23.5 Å². The van der Waals surface area contributed by atoms with Crippen LogP contribution in [0.1, 0.15) is 61.0 Å². The van der Waals surface area contributed by atoms with E-state index in [4.69, 9.17) is 10.5 Å². The molecule has 26 heavy (non-hydrogen) atoms. The average Bonchev–Trinajstić information content (AvgIpc) is 3.35. The first kappa shape index (κ1) is 17.2. The molecule has 0 unspecified atom stereocenters. The lowest BCUT2D eigenvalue weighted by Gasteiger charge is -2.50. The van der Waals surface area contributed by atoms with E-state index in [0.717, 1.165) is 51.7 Å². The van der Waals surface area contributed by atoms with Crippen LogP contribution in [0, 0.1) is 22.7 Å². The van der Waals surface area contributed by atoms with Crippen LogP contribution in [0.15, 0.2) is 6.20 Å². The van der Waals surface area contributed by atoms with Gasteiger partial charge < -0.3 is 10.5 Å². The third-order valence-electron chi connectivity index (χ3n) is 6.38. The Balaban J connectivity index is 1.62. The Morgan fingerprint density at radius 2 is 2.00 bits per heavy atom. The SMILES string of the molecule is N#CCC1(n2cc(C(N)=O)c(CC(=O)C3CC3)n2)CCC2(CC1)COC2. The molecule has 3 fully saturated rings. The third-order valence-corrected chi connectivity index (χ3v) is 6.38. The summed E-state index contributed by atoms with van der Waals surface area (Å²) in [6.45, 7) is 1.59. The van der Waals surface area contributed by atoms with E-state index in [1.807, 2.05) is 0 Å². The molecule has 7 nitrogen and oxygen atoms in total. The van der Waals surface area contributed by atoms with E-state index in [9.17, 15) is 14.9 Å². The van der Waals surface area contributed by atoms with Gasteiger partial charge in [-0.3, -0.25) is 14.3 Å². The minimum atomic E-state index is -0.568. The summed E-state index contributed by atoms with van der Waals surface area (Å²) in [5, 5.41) is 14.0. The largest absolute Gasteiger partial charge is 0.380 e.